The van der Waals surface area contributed by atoms with E-state index in [2.05, 4.69) is 10.1 Å². The van der Waals surface area contributed by atoms with Crippen LogP contribution in [0.2, 0.25) is 5.02 Å². The molecule has 1 saturated heterocycles. The topological polar surface area (TPSA) is 71.1 Å². The van der Waals surface area contributed by atoms with E-state index in [-0.39, 0.29) is 5.84 Å². The highest BCUT2D eigenvalue weighted by molar-refractivity contribution is 6.31. The SMILES string of the molecule is NC(=NO)c1ccc(Cl)cc1N1CCCOCC1. The fraction of sp³-hybridized carbons (Fsp3) is 0.417. The van der Waals surface area contributed by atoms with Crippen LogP contribution < -0.4 is 10.6 Å². The highest BCUT2D eigenvalue weighted by atomic mass is 35.5. The average Bonchev–Trinajstić information content (AvgIpc) is 2.66. The van der Waals surface area contributed by atoms with Gasteiger partial charge in [-0.1, -0.05) is 16.8 Å². The molecule has 0 radical (unpaired) electrons. The van der Waals surface area contributed by atoms with E-state index in [0.717, 1.165) is 31.8 Å². The summed E-state index contributed by atoms with van der Waals surface area (Å²) >= 11 is 6.02. The molecule has 0 unspecified atom stereocenters. The summed E-state index contributed by atoms with van der Waals surface area (Å²) in [6.45, 7) is 3.07. The molecule has 1 aliphatic rings. The van der Waals surface area contributed by atoms with E-state index < -0.39 is 0 Å². The van der Waals surface area contributed by atoms with E-state index in [1.165, 1.54) is 0 Å². The molecule has 0 spiro atoms. The van der Waals surface area contributed by atoms with Gasteiger partial charge in [0.15, 0.2) is 5.84 Å². The number of nitrogens with zero attached hydrogens (tertiary/aromatic N) is 2. The Morgan fingerprint density at radius 3 is 3.00 bits per heavy atom. The molecule has 0 aliphatic carbocycles. The minimum absolute atomic E-state index is 0.0897. The third kappa shape index (κ3) is 2.86. The first-order valence-electron chi connectivity index (χ1n) is 5.82. The van der Waals surface area contributed by atoms with Gasteiger partial charge in [-0.3, -0.25) is 0 Å². The van der Waals surface area contributed by atoms with Crippen LogP contribution >= 0.6 is 11.6 Å². The summed E-state index contributed by atoms with van der Waals surface area (Å²) in [6, 6.07) is 5.32. The van der Waals surface area contributed by atoms with Crippen molar-refractivity contribution >= 4 is 23.1 Å². The first kappa shape index (κ1) is 13.0. The summed E-state index contributed by atoms with van der Waals surface area (Å²) < 4.78 is 5.42. The molecule has 1 aromatic carbocycles. The van der Waals surface area contributed by atoms with Crippen molar-refractivity contribution in [2.75, 3.05) is 31.2 Å². The molecule has 6 heteroatoms. The van der Waals surface area contributed by atoms with Crippen LogP contribution in [0.5, 0.6) is 0 Å². The van der Waals surface area contributed by atoms with Crippen molar-refractivity contribution in [2.45, 2.75) is 6.42 Å². The number of halogens is 1. The second kappa shape index (κ2) is 5.93. The lowest BCUT2D eigenvalue weighted by Gasteiger charge is -2.24. The minimum Gasteiger partial charge on any atom is -0.409 e. The van der Waals surface area contributed by atoms with Gasteiger partial charge in [0.05, 0.1) is 6.61 Å². The lowest BCUT2D eigenvalue weighted by atomic mass is 10.1. The summed E-state index contributed by atoms with van der Waals surface area (Å²) in [4.78, 5) is 2.15. The number of rotatable bonds is 2. The van der Waals surface area contributed by atoms with Gasteiger partial charge in [0.25, 0.3) is 0 Å². The van der Waals surface area contributed by atoms with Crippen molar-refractivity contribution in [2.24, 2.45) is 10.9 Å². The number of amidine groups is 1. The van der Waals surface area contributed by atoms with E-state index in [0.29, 0.717) is 17.2 Å². The number of anilines is 1. The van der Waals surface area contributed by atoms with Crippen LogP contribution in [0, 0.1) is 0 Å². The molecule has 0 bridgehead atoms. The molecular weight excluding hydrogens is 254 g/mol. The summed E-state index contributed by atoms with van der Waals surface area (Å²) in [5.74, 6) is 0.0897. The van der Waals surface area contributed by atoms with E-state index >= 15 is 0 Å². The molecule has 0 amide bonds. The van der Waals surface area contributed by atoms with Gasteiger partial charge in [-0.2, -0.15) is 0 Å². The van der Waals surface area contributed by atoms with Crippen LogP contribution in [0.3, 0.4) is 0 Å². The standard InChI is InChI=1S/C12H16ClN3O2/c13-9-2-3-10(12(14)15-17)11(8-9)16-4-1-6-18-7-5-16/h2-3,8,17H,1,4-7H2,(H2,14,15). The molecule has 5 nitrogen and oxygen atoms in total. The fourth-order valence-electron chi connectivity index (χ4n) is 2.02. The molecule has 18 heavy (non-hydrogen) atoms. The predicted octanol–water partition coefficient (Wildman–Crippen LogP) is 1.66. The lowest BCUT2D eigenvalue weighted by Crippen LogP contribution is -2.29. The number of oxime groups is 1. The Bertz CT molecular complexity index is 443. The summed E-state index contributed by atoms with van der Waals surface area (Å²) in [6.07, 6.45) is 0.947. The quantitative estimate of drug-likeness (QED) is 0.371. The van der Waals surface area contributed by atoms with Gasteiger partial charge in [-0.05, 0) is 24.6 Å². The van der Waals surface area contributed by atoms with Gasteiger partial charge in [-0.15, -0.1) is 0 Å². The van der Waals surface area contributed by atoms with Crippen molar-refractivity contribution in [3.63, 3.8) is 0 Å². The second-order valence-electron chi connectivity index (χ2n) is 4.10. The number of nitrogens with two attached hydrogens (primary N) is 1. The van der Waals surface area contributed by atoms with Crippen molar-refractivity contribution in [1.82, 2.24) is 0 Å². The van der Waals surface area contributed by atoms with Crippen LogP contribution in [-0.2, 0) is 4.74 Å². The zero-order chi connectivity index (χ0) is 13.0. The highest BCUT2D eigenvalue weighted by Gasteiger charge is 2.16. The Hall–Kier alpha value is -1.46. The average molecular weight is 270 g/mol. The predicted molar refractivity (Wildman–Crippen MR) is 71.6 cm³/mol. The zero-order valence-electron chi connectivity index (χ0n) is 9.97. The maximum atomic E-state index is 8.82. The number of benzene rings is 1. The Morgan fingerprint density at radius 2 is 2.22 bits per heavy atom. The Labute approximate surface area is 111 Å². The summed E-state index contributed by atoms with van der Waals surface area (Å²) in [5.41, 5.74) is 7.25. The zero-order valence-corrected chi connectivity index (χ0v) is 10.7. The molecule has 1 aliphatic heterocycles. The van der Waals surface area contributed by atoms with Crippen LogP contribution in [-0.4, -0.2) is 37.3 Å². The monoisotopic (exact) mass is 269 g/mol. The van der Waals surface area contributed by atoms with Crippen molar-refractivity contribution in [1.29, 1.82) is 0 Å². The Balaban J connectivity index is 2.37. The molecule has 98 valence electrons. The molecule has 1 fully saturated rings. The molecule has 0 atom stereocenters. The third-order valence-corrected chi connectivity index (χ3v) is 3.14. The van der Waals surface area contributed by atoms with Crippen LogP contribution in [0.15, 0.2) is 23.4 Å². The first-order chi connectivity index (χ1) is 8.72. The van der Waals surface area contributed by atoms with Gasteiger partial charge < -0.3 is 20.6 Å². The fourth-order valence-corrected chi connectivity index (χ4v) is 2.19. The number of hydrogen-bond donors (Lipinski definition) is 2. The number of hydrogen-bond acceptors (Lipinski definition) is 4. The maximum absolute atomic E-state index is 8.82. The van der Waals surface area contributed by atoms with E-state index in [9.17, 15) is 0 Å². The smallest absolute Gasteiger partial charge is 0.172 e. The van der Waals surface area contributed by atoms with E-state index in [1.54, 1.807) is 12.1 Å². The molecule has 1 heterocycles. The first-order valence-corrected chi connectivity index (χ1v) is 6.20. The largest absolute Gasteiger partial charge is 0.409 e. The van der Waals surface area contributed by atoms with Crippen molar-refractivity contribution < 1.29 is 9.94 Å². The lowest BCUT2D eigenvalue weighted by molar-refractivity contribution is 0.152. The van der Waals surface area contributed by atoms with E-state index in [4.69, 9.17) is 27.3 Å². The number of ether oxygens (including phenoxy) is 1. The molecule has 0 saturated carbocycles. The third-order valence-electron chi connectivity index (χ3n) is 2.91. The van der Waals surface area contributed by atoms with E-state index in [1.807, 2.05) is 6.07 Å². The van der Waals surface area contributed by atoms with Crippen molar-refractivity contribution in [3.8, 4) is 0 Å². The van der Waals surface area contributed by atoms with Gasteiger partial charge in [-0.25, -0.2) is 0 Å². The Kier molecular flexibility index (Phi) is 4.28. The highest BCUT2D eigenvalue weighted by Crippen LogP contribution is 2.25. The van der Waals surface area contributed by atoms with Gasteiger partial charge in [0.2, 0.25) is 0 Å². The van der Waals surface area contributed by atoms with Crippen LogP contribution in [0.4, 0.5) is 5.69 Å². The minimum atomic E-state index is 0.0897. The summed E-state index contributed by atoms with van der Waals surface area (Å²) in [7, 11) is 0. The van der Waals surface area contributed by atoms with Crippen molar-refractivity contribution in [3.05, 3.63) is 28.8 Å². The van der Waals surface area contributed by atoms with Crippen LogP contribution in [0.1, 0.15) is 12.0 Å². The molecule has 2 rings (SSSR count). The molecule has 3 N–H and O–H groups in total. The van der Waals surface area contributed by atoms with Gasteiger partial charge >= 0.3 is 0 Å². The molecular formula is C12H16ClN3O2. The Morgan fingerprint density at radius 1 is 1.39 bits per heavy atom. The molecule has 0 aromatic heterocycles. The maximum Gasteiger partial charge on any atom is 0.172 e. The normalized spacial score (nSPS) is 17.6. The second-order valence-corrected chi connectivity index (χ2v) is 4.54. The van der Waals surface area contributed by atoms with Crippen LogP contribution in [0.25, 0.3) is 0 Å². The summed E-state index contributed by atoms with van der Waals surface area (Å²) in [5, 5.41) is 12.5. The van der Waals surface area contributed by atoms with Gasteiger partial charge in [0, 0.05) is 36.0 Å². The molecule has 1 aromatic rings. The van der Waals surface area contributed by atoms with Gasteiger partial charge in [0.1, 0.15) is 0 Å².